The number of para-hydroxylation sites is 1. The van der Waals surface area contributed by atoms with Crippen molar-refractivity contribution in [2.75, 3.05) is 31.1 Å². The molecule has 1 atom stereocenters. The third-order valence-electron chi connectivity index (χ3n) is 6.17. The number of piperazine rings is 1. The highest BCUT2D eigenvalue weighted by atomic mass is 35.5. The molecule has 5 nitrogen and oxygen atoms in total. The van der Waals surface area contributed by atoms with E-state index in [0.717, 1.165) is 46.5 Å². The molecule has 2 N–H and O–H groups in total. The average molecular weight is 446 g/mol. The minimum Gasteiger partial charge on any atom is -0.480 e. The summed E-state index contributed by atoms with van der Waals surface area (Å²) in [5, 5.41) is 12.0. The number of hydrogen-bond donors (Lipinski definition) is 2. The molecule has 32 heavy (non-hydrogen) atoms. The van der Waals surface area contributed by atoms with Crippen molar-refractivity contribution in [3.05, 3.63) is 89.4 Å². The van der Waals surface area contributed by atoms with Gasteiger partial charge in [0.1, 0.15) is 6.04 Å². The lowest BCUT2D eigenvalue weighted by Crippen LogP contribution is -2.49. The van der Waals surface area contributed by atoms with Crippen molar-refractivity contribution in [3.8, 4) is 11.3 Å². The number of anilines is 1. The first-order valence-corrected chi connectivity index (χ1v) is 11.1. The number of nitrogens with zero attached hydrogens (tertiary/aromatic N) is 2. The van der Waals surface area contributed by atoms with E-state index in [4.69, 9.17) is 11.6 Å². The molecule has 0 aliphatic carbocycles. The molecule has 0 saturated carbocycles. The Kier molecular flexibility index (Phi) is 5.60. The van der Waals surface area contributed by atoms with Crippen LogP contribution in [0.5, 0.6) is 0 Å². The van der Waals surface area contributed by atoms with Crippen LogP contribution in [0.25, 0.3) is 22.2 Å². The van der Waals surface area contributed by atoms with Crippen LogP contribution in [-0.2, 0) is 4.79 Å². The minimum atomic E-state index is -0.830. The molecule has 5 rings (SSSR count). The molecule has 1 aliphatic rings. The predicted octanol–water partition coefficient (Wildman–Crippen LogP) is 5.44. The molecule has 2 heterocycles. The SMILES string of the molecule is O=C(O)[C@@H](c1c(-c2ccccc2)[nH]c2ccccc12)N1CCN(c2cccc(Cl)c2)CC1. The number of rotatable bonds is 5. The molecule has 0 bridgehead atoms. The minimum absolute atomic E-state index is 0.650. The number of aromatic amines is 1. The maximum Gasteiger partial charge on any atom is 0.325 e. The Labute approximate surface area is 191 Å². The molecule has 162 valence electrons. The second kappa shape index (κ2) is 8.69. The fourth-order valence-corrected chi connectivity index (χ4v) is 4.84. The summed E-state index contributed by atoms with van der Waals surface area (Å²) in [5.41, 5.74) is 4.71. The van der Waals surface area contributed by atoms with Crippen LogP contribution in [-0.4, -0.2) is 47.1 Å². The van der Waals surface area contributed by atoms with Gasteiger partial charge < -0.3 is 15.0 Å². The second-order valence-corrected chi connectivity index (χ2v) is 8.51. The van der Waals surface area contributed by atoms with Crippen molar-refractivity contribution in [2.24, 2.45) is 0 Å². The number of fused-ring (bicyclic) bond motifs is 1. The maximum atomic E-state index is 12.6. The molecular weight excluding hydrogens is 422 g/mol. The Balaban J connectivity index is 1.51. The molecule has 4 aromatic rings. The van der Waals surface area contributed by atoms with Gasteiger partial charge >= 0.3 is 5.97 Å². The Morgan fingerprint density at radius 2 is 1.62 bits per heavy atom. The highest BCUT2D eigenvalue weighted by Crippen LogP contribution is 2.38. The number of benzene rings is 3. The molecule has 0 spiro atoms. The van der Waals surface area contributed by atoms with Gasteiger partial charge in [-0.15, -0.1) is 0 Å². The number of halogens is 1. The van der Waals surface area contributed by atoms with E-state index in [-0.39, 0.29) is 0 Å². The molecule has 3 aromatic carbocycles. The van der Waals surface area contributed by atoms with Crippen molar-refractivity contribution in [3.63, 3.8) is 0 Å². The van der Waals surface area contributed by atoms with Gasteiger partial charge in [0, 0.05) is 53.4 Å². The summed E-state index contributed by atoms with van der Waals surface area (Å²) in [6, 6.07) is 25.0. The first kappa shape index (κ1) is 20.6. The summed E-state index contributed by atoms with van der Waals surface area (Å²) in [6.45, 7) is 2.79. The van der Waals surface area contributed by atoms with E-state index >= 15 is 0 Å². The van der Waals surface area contributed by atoms with Crippen molar-refractivity contribution in [2.45, 2.75) is 6.04 Å². The number of aliphatic carboxylic acids is 1. The fourth-order valence-electron chi connectivity index (χ4n) is 4.65. The summed E-state index contributed by atoms with van der Waals surface area (Å²) in [7, 11) is 0. The highest BCUT2D eigenvalue weighted by Gasteiger charge is 2.34. The summed E-state index contributed by atoms with van der Waals surface area (Å²) < 4.78 is 0. The quantitative estimate of drug-likeness (QED) is 0.429. The molecule has 6 heteroatoms. The zero-order valence-corrected chi connectivity index (χ0v) is 18.3. The largest absolute Gasteiger partial charge is 0.480 e. The van der Waals surface area contributed by atoms with E-state index in [2.05, 4.69) is 14.8 Å². The average Bonchev–Trinajstić information content (AvgIpc) is 3.19. The highest BCUT2D eigenvalue weighted by molar-refractivity contribution is 6.30. The Morgan fingerprint density at radius 3 is 2.34 bits per heavy atom. The van der Waals surface area contributed by atoms with Gasteiger partial charge in [-0.25, -0.2) is 0 Å². The third kappa shape index (κ3) is 3.85. The van der Waals surface area contributed by atoms with Crippen LogP contribution in [0, 0.1) is 0 Å². The lowest BCUT2D eigenvalue weighted by molar-refractivity contribution is -0.143. The normalized spacial score (nSPS) is 15.7. The van der Waals surface area contributed by atoms with Gasteiger partial charge in [0.2, 0.25) is 0 Å². The smallest absolute Gasteiger partial charge is 0.325 e. The Morgan fingerprint density at radius 1 is 0.906 bits per heavy atom. The van der Waals surface area contributed by atoms with Crippen LogP contribution in [0.2, 0.25) is 5.02 Å². The lowest BCUT2D eigenvalue weighted by Gasteiger charge is -2.39. The second-order valence-electron chi connectivity index (χ2n) is 8.07. The number of carboxylic acid groups (broad SMARTS) is 1. The van der Waals surface area contributed by atoms with Gasteiger partial charge in [-0.3, -0.25) is 9.69 Å². The molecular formula is C26H24ClN3O2. The van der Waals surface area contributed by atoms with E-state index in [1.165, 1.54) is 0 Å². The molecule has 1 aromatic heterocycles. The molecule has 0 unspecified atom stereocenters. The molecule has 0 amide bonds. The van der Waals surface area contributed by atoms with Gasteiger partial charge in [0.15, 0.2) is 0 Å². The van der Waals surface area contributed by atoms with Crippen molar-refractivity contribution >= 4 is 34.2 Å². The fraction of sp³-hybridized carbons (Fsp3) is 0.192. The van der Waals surface area contributed by atoms with Gasteiger partial charge in [0.25, 0.3) is 0 Å². The molecule has 0 radical (unpaired) electrons. The van der Waals surface area contributed by atoms with Gasteiger partial charge in [0.05, 0.1) is 5.69 Å². The molecule has 1 fully saturated rings. The standard InChI is InChI=1S/C26H24ClN3O2/c27-19-9-6-10-20(17-19)29-13-15-30(16-14-29)25(26(31)32)23-21-11-4-5-12-22(21)28-24(23)18-7-2-1-3-8-18/h1-12,17,25,28H,13-16H2,(H,31,32)/t25-/m1/s1. The topological polar surface area (TPSA) is 59.6 Å². The summed E-state index contributed by atoms with van der Waals surface area (Å²) in [4.78, 5) is 20.4. The van der Waals surface area contributed by atoms with Gasteiger partial charge in [-0.05, 0) is 29.8 Å². The number of aromatic nitrogens is 1. The van der Waals surface area contributed by atoms with Crippen LogP contribution < -0.4 is 4.90 Å². The van der Waals surface area contributed by atoms with Crippen LogP contribution in [0.1, 0.15) is 11.6 Å². The number of hydrogen-bond acceptors (Lipinski definition) is 3. The molecule has 1 aliphatic heterocycles. The predicted molar refractivity (Wildman–Crippen MR) is 129 cm³/mol. The van der Waals surface area contributed by atoms with Crippen LogP contribution in [0.3, 0.4) is 0 Å². The number of carbonyl (C=O) groups is 1. The molecule has 1 saturated heterocycles. The van der Waals surface area contributed by atoms with E-state index in [1.807, 2.05) is 78.9 Å². The number of H-pyrrole nitrogens is 1. The summed E-state index contributed by atoms with van der Waals surface area (Å²) >= 11 is 6.17. The Hall–Kier alpha value is -3.28. The first-order valence-electron chi connectivity index (χ1n) is 10.8. The number of carboxylic acids is 1. The van der Waals surface area contributed by atoms with Crippen LogP contribution >= 0.6 is 11.6 Å². The van der Waals surface area contributed by atoms with Crippen LogP contribution in [0.15, 0.2) is 78.9 Å². The van der Waals surface area contributed by atoms with Gasteiger partial charge in [-0.1, -0.05) is 66.2 Å². The van der Waals surface area contributed by atoms with E-state index in [9.17, 15) is 9.90 Å². The van der Waals surface area contributed by atoms with E-state index < -0.39 is 12.0 Å². The zero-order valence-electron chi connectivity index (χ0n) is 17.5. The van der Waals surface area contributed by atoms with Crippen molar-refractivity contribution in [1.82, 2.24) is 9.88 Å². The van der Waals surface area contributed by atoms with Gasteiger partial charge in [-0.2, -0.15) is 0 Å². The van der Waals surface area contributed by atoms with Crippen molar-refractivity contribution in [1.29, 1.82) is 0 Å². The van der Waals surface area contributed by atoms with E-state index in [1.54, 1.807) is 0 Å². The van der Waals surface area contributed by atoms with E-state index in [0.29, 0.717) is 18.1 Å². The summed E-state index contributed by atoms with van der Waals surface area (Å²) in [5.74, 6) is -0.830. The van der Waals surface area contributed by atoms with Crippen LogP contribution in [0.4, 0.5) is 5.69 Å². The zero-order chi connectivity index (χ0) is 22.1. The lowest BCUT2D eigenvalue weighted by atomic mass is 9.97. The Bertz CT molecular complexity index is 1250. The third-order valence-corrected chi connectivity index (χ3v) is 6.40. The van der Waals surface area contributed by atoms with Crippen molar-refractivity contribution < 1.29 is 9.90 Å². The first-order chi connectivity index (χ1) is 15.6. The summed E-state index contributed by atoms with van der Waals surface area (Å²) in [6.07, 6.45) is 0. The number of nitrogens with one attached hydrogen (secondary N) is 1. The monoisotopic (exact) mass is 445 g/mol. The maximum absolute atomic E-state index is 12.6.